The highest BCUT2D eigenvalue weighted by atomic mass is 16.5. The van der Waals surface area contributed by atoms with E-state index in [0.717, 1.165) is 49.9 Å². The minimum atomic E-state index is 0.310. The lowest BCUT2D eigenvalue weighted by Crippen LogP contribution is -2.23. The molecule has 4 rings (SSSR count). The van der Waals surface area contributed by atoms with Crippen LogP contribution < -0.4 is 5.32 Å². The molecule has 6 heteroatoms. The van der Waals surface area contributed by atoms with E-state index < -0.39 is 0 Å². The van der Waals surface area contributed by atoms with Gasteiger partial charge in [-0.05, 0) is 39.2 Å². The highest BCUT2D eigenvalue weighted by Gasteiger charge is 2.43. The van der Waals surface area contributed by atoms with Crippen molar-refractivity contribution >= 4 is 5.82 Å². The van der Waals surface area contributed by atoms with Crippen LogP contribution in [0.25, 0.3) is 0 Å². The highest BCUT2D eigenvalue weighted by molar-refractivity contribution is 5.36. The van der Waals surface area contributed by atoms with Crippen molar-refractivity contribution < 1.29 is 4.74 Å². The Morgan fingerprint density at radius 2 is 2.17 bits per heavy atom. The van der Waals surface area contributed by atoms with Crippen molar-refractivity contribution in [3.05, 3.63) is 35.5 Å². The number of nitrogens with one attached hydrogen (secondary N) is 1. The average Bonchev–Trinajstić information content (AvgIpc) is 2.98. The van der Waals surface area contributed by atoms with Crippen LogP contribution in [0.15, 0.2) is 18.5 Å². The second kappa shape index (κ2) is 6.16. The van der Waals surface area contributed by atoms with Crippen molar-refractivity contribution in [3.8, 4) is 0 Å². The summed E-state index contributed by atoms with van der Waals surface area (Å²) in [5.41, 5.74) is 3.73. The van der Waals surface area contributed by atoms with E-state index >= 15 is 0 Å². The first-order chi connectivity index (χ1) is 11.6. The van der Waals surface area contributed by atoms with E-state index in [1.54, 1.807) is 6.33 Å². The van der Waals surface area contributed by atoms with Crippen molar-refractivity contribution in [2.45, 2.75) is 45.6 Å². The Hall–Kier alpha value is -1.95. The highest BCUT2D eigenvalue weighted by Crippen LogP contribution is 2.47. The largest absolute Gasteiger partial charge is 0.381 e. The van der Waals surface area contributed by atoms with Crippen LogP contribution >= 0.6 is 0 Å². The molecule has 0 amide bonds. The first-order valence-corrected chi connectivity index (χ1v) is 8.78. The number of rotatable bonds is 6. The zero-order chi connectivity index (χ0) is 16.6. The monoisotopic (exact) mass is 327 g/mol. The van der Waals surface area contributed by atoms with Gasteiger partial charge in [0.1, 0.15) is 12.1 Å². The summed E-state index contributed by atoms with van der Waals surface area (Å²) in [5, 5.41) is 8.13. The molecule has 2 fully saturated rings. The summed E-state index contributed by atoms with van der Waals surface area (Å²) in [5.74, 6) is 1.34. The van der Waals surface area contributed by atoms with E-state index in [9.17, 15) is 0 Å². The molecule has 1 aliphatic carbocycles. The quantitative estimate of drug-likeness (QED) is 0.884. The molecule has 0 radical (unpaired) electrons. The molecule has 2 aromatic heterocycles. The van der Waals surface area contributed by atoms with Crippen LogP contribution in [0.4, 0.5) is 5.82 Å². The summed E-state index contributed by atoms with van der Waals surface area (Å²) < 4.78 is 7.61. The number of nitrogens with zero attached hydrogens (tertiary/aromatic N) is 4. The lowest BCUT2D eigenvalue weighted by atomic mass is 10.0. The van der Waals surface area contributed by atoms with Gasteiger partial charge in [-0.3, -0.25) is 4.68 Å². The fourth-order valence-electron chi connectivity index (χ4n) is 3.46. The van der Waals surface area contributed by atoms with Gasteiger partial charge in [0, 0.05) is 42.8 Å². The zero-order valence-electron chi connectivity index (χ0n) is 14.5. The van der Waals surface area contributed by atoms with Crippen LogP contribution in [-0.4, -0.2) is 39.5 Å². The van der Waals surface area contributed by atoms with Crippen molar-refractivity contribution in [1.82, 2.24) is 19.7 Å². The molecule has 1 N–H and O–H groups in total. The molecule has 0 bridgehead atoms. The summed E-state index contributed by atoms with van der Waals surface area (Å²) in [6.45, 7) is 7.71. The van der Waals surface area contributed by atoms with Gasteiger partial charge < -0.3 is 10.1 Å². The Morgan fingerprint density at radius 1 is 1.29 bits per heavy atom. The molecule has 128 valence electrons. The number of ether oxygens (including phenoxy) is 1. The van der Waals surface area contributed by atoms with Crippen molar-refractivity contribution in [2.24, 2.45) is 5.41 Å². The summed E-state index contributed by atoms with van der Waals surface area (Å²) in [4.78, 5) is 8.80. The Labute approximate surface area is 142 Å². The van der Waals surface area contributed by atoms with Crippen LogP contribution in [-0.2, 0) is 11.3 Å². The molecular weight excluding hydrogens is 302 g/mol. The zero-order valence-corrected chi connectivity index (χ0v) is 14.5. The maximum Gasteiger partial charge on any atom is 0.129 e. The van der Waals surface area contributed by atoms with E-state index in [1.165, 1.54) is 18.5 Å². The minimum absolute atomic E-state index is 0.310. The first kappa shape index (κ1) is 15.6. The molecule has 0 unspecified atom stereocenters. The lowest BCUT2D eigenvalue weighted by molar-refractivity contribution is 0.193. The average molecular weight is 327 g/mol. The van der Waals surface area contributed by atoms with Crippen LogP contribution in [0.1, 0.15) is 42.3 Å². The second-order valence-electron chi connectivity index (χ2n) is 7.33. The molecule has 6 nitrogen and oxygen atoms in total. The number of aryl methyl sites for hydroxylation is 2. The third-order valence-electron chi connectivity index (χ3n) is 5.23. The molecular formula is C18H25N5O. The van der Waals surface area contributed by atoms with E-state index in [0.29, 0.717) is 11.3 Å². The van der Waals surface area contributed by atoms with Crippen LogP contribution in [0.3, 0.4) is 0 Å². The Kier molecular flexibility index (Phi) is 4.00. The lowest BCUT2D eigenvalue weighted by Gasteiger charge is -2.18. The van der Waals surface area contributed by atoms with Gasteiger partial charge in [0.2, 0.25) is 0 Å². The van der Waals surface area contributed by atoms with Crippen molar-refractivity contribution in [3.63, 3.8) is 0 Å². The molecule has 2 aromatic rings. The minimum Gasteiger partial charge on any atom is -0.381 e. The summed E-state index contributed by atoms with van der Waals surface area (Å²) in [7, 11) is 0. The van der Waals surface area contributed by atoms with Crippen LogP contribution in [0.2, 0.25) is 0 Å². The molecule has 1 saturated carbocycles. The Balaban J connectivity index is 1.39. The normalized spacial score (nSPS) is 21.8. The fourth-order valence-corrected chi connectivity index (χ4v) is 3.46. The van der Waals surface area contributed by atoms with Crippen LogP contribution in [0.5, 0.6) is 0 Å². The second-order valence-corrected chi connectivity index (χ2v) is 7.33. The molecule has 1 aliphatic heterocycles. The fraction of sp³-hybridized carbons (Fsp3) is 0.611. The topological polar surface area (TPSA) is 64.9 Å². The predicted molar refractivity (Wildman–Crippen MR) is 92.1 cm³/mol. The van der Waals surface area contributed by atoms with Crippen molar-refractivity contribution in [1.29, 1.82) is 0 Å². The summed E-state index contributed by atoms with van der Waals surface area (Å²) >= 11 is 0. The van der Waals surface area contributed by atoms with Gasteiger partial charge in [-0.25, -0.2) is 9.97 Å². The molecule has 1 atom stereocenters. The summed E-state index contributed by atoms with van der Waals surface area (Å²) in [6.07, 6.45) is 5.20. The number of hydrogen-bond acceptors (Lipinski definition) is 5. The van der Waals surface area contributed by atoms with E-state index in [2.05, 4.69) is 51.0 Å². The van der Waals surface area contributed by atoms with Gasteiger partial charge in [0.15, 0.2) is 0 Å². The van der Waals surface area contributed by atoms with Crippen LogP contribution in [0, 0.1) is 19.3 Å². The maximum absolute atomic E-state index is 5.46. The third kappa shape index (κ3) is 3.29. The van der Waals surface area contributed by atoms with E-state index in [1.807, 2.05) is 0 Å². The van der Waals surface area contributed by atoms with Gasteiger partial charge in [-0.2, -0.15) is 5.10 Å². The van der Waals surface area contributed by atoms with Gasteiger partial charge in [0.05, 0.1) is 18.0 Å². The maximum atomic E-state index is 5.46. The predicted octanol–water partition coefficient (Wildman–Crippen LogP) is 2.69. The Morgan fingerprint density at radius 3 is 2.83 bits per heavy atom. The third-order valence-corrected chi connectivity index (χ3v) is 5.23. The molecule has 3 heterocycles. The van der Waals surface area contributed by atoms with Gasteiger partial charge >= 0.3 is 0 Å². The SMILES string of the molecule is Cc1cc(C)n(CC2(CNc3cc([C@H]4CCOC4)ncn3)CC2)n1. The van der Waals surface area contributed by atoms with Gasteiger partial charge in [-0.1, -0.05) is 0 Å². The standard InChI is InChI=1S/C18H25N5O/c1-13-7-14(2)23(22-13)11-18(4-5-18)10-19-17-8-16(20-12-21-17)15-3-6-24-9-15/h7-8,12,15H,3-6,9-11H2,1-2H3,(H,19,20,21)/t15-/m0/s1. The summed E-state index contributed by atoms with van der Waals surface area (Å²) in [6, 6.07) is 4.22. The molecule has 0 aromatic carbocycles. The molecule has 0 spiro atoms. The van der Waals surface area contributed by atoms with Gasteiger partial charge in [0.25, 0.3) is 0 Å². The smallest absolute Gasteiger partial charge is 0.129 e. The van der Waals surface area contributed by atoms with E-state index in [-0.39, 0.29) is 0 Å². The Bertz CT molecular complexity index is 716. The van der Waals surface area contributed by atoms with Crippen molar-refractivity contribution in [2.75, 3.05) is 25.1 Å². The molecule has 2 aliphatic rings. The number of anilines is 1. The first-order valence-electron chi connectivity index (χ1n) is 8.78. The van der Waals surface area contributed by atoms with Gasteiger partial charge in [-0.15, -0.1) is 0 Å². The molecule has 24 heavy (non-hydrogen) atoms. The molecule has 1 saturated heterocycles. The number of aromatic nitrogens is 4. The van der Waals surface area contributed by atoms with E-state index in [4.69, 9.17) is 4.74 Å². The number of hydrogen-bond donors (Lipinski definition) is 1.